The van der Waals surface area contributed by atoms with E-state index in [9.17, 15) is 18.0 Å². The summed E-state index contributed by atoms with van der Waals surface area (Å²) in [5.41, 5.74) is -0.696. The third kappa shape index (κ3) is 2.89. The number of rotatable bonds is 1. The van der Waals surface area contributed by atoms with Crippen molar-refractivity contribution >= 4 is 27.3 Å². The predicted molar refractivity (Wildman–Crippen MR) is 73.5 cm³/mol. The van der Waals surface area contributed by atoms with E-state index in [0.717, 1.165) is 12.1 Å². The molecule has 0 aliphatic carbocycles. The van der Waals surface area contributed by atoms with Gasteiger partial charge in [0.2, 0.25) is 0 Å². The Morgan fingerprint density at radius 3 is 2.57 bits per heavy atom. The maximum Gasteiger partial charge on any atom is 0.416 e. The standard InChI is InChI=1S/C14H12F3NO2S/c15-14(16,17)10-1-2-11-9(7-10)8-12(21-11)13(19)18-3-5-20-6-4-18/h1-2,7-8H,3-6H2. The van der Waals surface area contributed by atoms with Gasteiger partial charge >= 0.3 is 6.18 Å². The fraction of sp³-hybridized carbons (Fsp3) is 0.357. The van der Waals surface area contributed by atoms with Gasteiger partial charge in [-0.25, -0.2) is 0 Å². The van der Waals surface area contributed by atoms with Gasteiger partial charge < -0.3 is 9.64 Å². The van der Waals surface area contributed by atoms with Crippen LogP contribution in [0.3, 0.4) is 0 Å². The number of amides is 1. The van der Waals surface area contributed by atoms with Gasteiger partial charge in [0.1, 0.15) is 0 Å². The van der Waals surface area contributed by atoms with Gasteiger partial charge in [0, 0.05) is 17.8 Å². The third-order valence-electron chi connectivity index (χ3n) is 3.35. The number of thiophene rings is 1. The fourth-order valence-electron chi connectivity index (χ4n) is 2.25. The van der Waals surface area contributed by atoms with Crippen molar-refractivity contribution in [3.05, 3.63) is 34.7 Å². The first-order chi connectivity index (χ1) is 9.95. The van der Waals surface area contributed by atoms with Gasteiger partial charge in [-0.05, 0) is 29.7 Å². The minimum absolute atomic E-state index is 0.145. The summed E-state index contributed by atoms with van der Waals surface area (Å²) in [6.45, 7) is 2.02. The molecular weight excluding hydrogens is 303 g/mol. The molecule has 1 saturated heterocycles. The molecule has 7 heteroatoms. The molecular formula is C14H12F3NO2S. The number of alkyl halides is 3. The number of benzene rings is 1. The zero-order valence-corrected chi connectivity index (χ0v) is 11.8. The van der Waals surface area contributed by atoms with Crippen LogP contribution in [-0.2, 0) is 10.9 Å². The van der Waals surface area contributed by atoms with E-state index in [-0.39, 0.29) is 5.91 Å². The molecule has 1 aromatic carbocycles. The summed E-state index contributed by atoms with van der Waals surface area (Å²) in [6, 6.07) is 5.08. The number of carbonyl (C=O) groups excluding carboxylic acids is 1. The Morgan fingerprint density at radius 2 is 1.90 bits per heavy atom. The average molecular weight is 315 g/mol. The summed E-state index contributed by atoms with van der Waals surface area (Å²) in [4.78, 5) is 14.4. The molecule has 1 aromatic heterocycles. The summed E-state index contributed by atoms with van der Waals surface area (Å²) >= 11 is 1.22. The van der Waals surface area contributed by atoms with E-state index in [1.165, 1.54) is 23.5 Å². The number of morpholine rings is 1. The monoisotopic (exact) mass is 315 g/mol. The predicted octanol–water partition coefficient (Wildman–Crippen LogP) is 3.39. The highest BCUT2D eigenvalue weighted by molar-refractivity contribution is 7.20. The molecule has 3 nitrogen and oxygen atoms in total. The first kappa shape index (κ1) is 14.3. The molecule has 2 aromatic rings. The molecule has 0 saturated carbocycles. The number of ether oxygens (including phenoxy) is 1. The molecule has 0 spiro atoms. The molecule has 0 bridgehead atoms. The number of hydrogen-bond acceptors (Lipinski definition) is 3. The SMILES string of the molecule is O=C(c1cc2cc(C(F)(F)F)ccc2s1)N1CCOCC1. The molecule has 2 heterocycles. The second-order valence-corrected chi connectivity index (χ2v) is 5.85. The Kier molecular flexibility index (Phi) is 3.62. The van der Waals surface area contributed by atoms with Crippen molar-refractivity contribution in [3.8, 4) is 0 Å². The summed E-state index contributed by atoms with van der Waals surface area (Å²) in [6.07, 6.45) is -4.37. The molecule has 0 unspecified atom stereocenters. The lowest BCUT2D eigenvalue weighted by atomic mass is 10.1. The van der Waals surface area contributed by atoms with E-state index in [1.54, 1.807) is 4.90 Å². The van der Waals surface area contributed by atoms with Crippen molar-refractivity contribution < 1.29 is 22.7 Å². The number of hydrogen-bond donors (Lipinski definition) is 0. The largest absolute Gasteiger partial charge is 0.416 e. The second kappa shape index (κ2) is 5.31. The quantitative estimate of drug-likeness (QED) is 0.807. The van der Waals surface area contributed by atoms with Crippen molar-refractivity contribution in [2.24, 2.45) is 0 Å². The lowest BCUT2D eigenvalue weighted by Gasteiger charge is -2.26. The van der Waals surface area contributed by atoms with Crippen molar-refractivity contribution in [1.29, 1.82) is 0 Å². The van der Waals surface area contributed by atoms with Crippen LogP contribution in [0.2, 0.25) is 0 Å². The lowest BCUT2D eigenvalue weighted by Crippen LogP contribution is -2.40. The molecule has 0 N–H and O–H groups in total. The van der Waals surface area contributed by atoms with Gasteiger partial charge in [0.05, 0.1) is 23.7 Å². The first-order valence-corrected chi connectivity index (χ1v) is 7.24. The molecule has 21 heavy (non-hydrogen) atoms. The van der Waals surface area contributed by atoms with Crippen molar-refractivity contribution in [3.63, 3.8) is 0 Å². The van der Waals surface area contributed by atoms with E-state index in [2.05, 4.69) is 0 Å². The number of fused-ring (bicyclic) bond motifs is 1. The molecule has 1 amide bonds. The fourth-order valence-corrected chi connectivity index (χ4v) is 3.26. The van der Waals surface area contributed by atoms with Gasteiger partial charge in [0.15, 0.2) is 0 Å². The Labute approximate surface area is 122 Å². The van der Waals surface area contributed by atoms with Crippen LogP contribution in [0.25, 0.3) is 10.1 Å². The van der Waals surface area contributed by atoms with Crippen LogP contribution in [0.4, 0.5) is 13.2 Å². The molecule has 0 radical (unpaired) electrons. The number of carbonyl (C=O) groups is 1. The van der Waals surface area contributed by atoms with Crippen molar-refractivity contribution in [2.75, 3.05) is 26.3 Å². The Bertz CT molecular complexity index is 674. The highest BCUT2D eigenvalue weighted by Crippen LogP contribution is 2.34. The lowest BCUT2D eigenvalue weighted by molar-refractivity contribution is -0.137. The molecule has 3 rings (SSSR count). The smallest absolute Gasteiger partial charge is 0.378 e. The van der Waals surface area contributed by atoms with Gasteiger partial charge in [0.25, 0.3) is 5.91 Å². The summed E-state index contributed by atoms with van der Waals surface area (Å²) in [5.74, 6) is -0.145. The second-order valence-electron chi connectivity index (χ2n) is 4.77. The van der Waals surface area contributed by atoms with Gasteiger partial charge in [-0.2, -0.15) is 13.2 Å². The van der Waals surface area contributed by atoms with E-state index < -0.39 is 11.7 Å². The topological polar surface area (TPSA) is 29.5 Å². The third-order valence-corrected chi connectivity index (χ3v) is 4.46. The summed E-state index contributed by atoms with van der Waals surface area (Å²) < 4.78 is 43.9. The van der Waals surface area contributed by atoms with Crippen molar-refractivity contribution in [2.45, 2.75) is 6.18 Å². The Balaban J connectivity index is 1.91. The van der Waals surface area contributed by atoms with Crippen LogP contribution in [-0.4, -0.2) is 37.1 Å². The maximum absolute atomic E-state index is 12.7. The molecule has 1 aliphatic rings. The van der Waals surface area contributed by atoms with Gasteiger partial charge in [-0.15, -0.1) is 11.3 Å². The Hall–Kier alpha value is -1.60. The minimum Gasteiger partial charge on any atom is -0.378 e. The number of nitrogens with zero attached hydrogens (tertiary/aromatic N) is 1. The Morgan fingerprint density at radius 1 is 1.19 bits per heavy atom. The van der Waals surface area contributed by atoms with Crippen LogP contribution < -0.4 is 0 Å². The van der Waals surface area contributed by atoms with Crippen LogP contribution in [0, 0.1) is 0 Å². The normalized spacial score (nSPS) is 16.4. The van der Waals surface area contributed by atoms with Crippen LogP contribution in [0.5, 0.6) is 0 Å². The van der Waals surface area contributed by atoms with Gasteiger partial charge in [-0.3, -0.25) is 4.79 Å². The average Bonchev–Trinajstić information content (AvgIpc) is 2.89. The maximum atomic E-state index is 12.7. The highest BCUT2D eigenvalue weighted by Gasteiger charge is 2.30. The van der Waals surface area contributed by atoms with E-state index in [0.29, 0.717) is 41.3 Å². The highest BCUT2D eigenvalue weighted by atomic mass is 32.1. The molecule has 112 valence electrons. The van der Waals surface area contributed by atoms with E-state index in [4.69, 9.17) is 4.74 Å². The zero-order chi connectivity index (χ0) is 15.0. The van der Waals surface area contributed by atoms with Crippen LogP contribution >= 0.6 is 11.3 Å². The van der Waals surface area contributed by atoms with Gasteiger partial charge in [-0.1, -0.05) is 0 Å². The molecule has 1 fully saturated rings. The summed E-state index contributed by atoms with van der Waals surface area (Å²) in [5, 5.41) is 0.450. The van der Waals surface area contributed by atoms with Crippen LogP contribution in [0.1, 0.15) is 15.2 Å². The van der Waals surface area contributed by atoms with E-state index >= 15 is 0 Å². The molecule has 0 atom stereocenters. The molecule has 1 aliphatic heterocycles. The minimum atomic E-state index is -4.37. The summed E-state index contributed by atoms with van der Waals surface area (Å²) in [7, 11) is 0. The van der Waals surface area contributed by atoms with Crippen molar-refractivity contribution in [1.82, 2.24) is 4.90 Å². The van der Waals surface area contributed by atoms with Crippen LogP contribution in [0.15, 0.2) is 24.3 Å². The first-order valence-electron chi connectivity index (χ1n) is 6.43. The van der Waals surface area contributed by atoms with E-state index in [1.807, 2.05) is 0 Å². The number of halogens is 3. The zero-order valence-electron chi connectivity index (χ0n) is 10.9.